The lowest BCUT2D eigenvalue weighted by Gasteiger charge is -2.34. The molecule has 0 aromatic heterocycles. The van der Waals surface area contributed by atoms with Gasteiger partial charge in [-0.1, -0.05) is 30.3 Å². The second-order valence-corrected chi connectivity index (χ2v) is 6.66. The molecule has 1 amide bonds. The summed E-state index contributed by atoms with van der Waals surface area (Å²) < 4.78 is 5.19. The lowest BCUT2D eigenvalue weighted by atomic mass is 9.96. The molecule has 0 bridgehead atoms. The van der Waals surface area contributed by atoms with E-state index in [-0.39, 0.29) is 11.8 Å². The van der Waals surface area contributed by atoms with Crippen LogP contribution in [0.3, 0.4) is 0 Å². The average molecular weight is 338 g/mol. The quantitative estimate of drug-likeness (QED) is 0.835. The van der Waals surface area contributed by atoms with Gasteiger partial charge in [0.15, 0.2) is 0 Å². The number of ether oxygens (including phenoxy) is 1. The molecule has 2 aromatic carbocycles. The number of nitrogens with zero attached hydrogens (tertiary/aromatic N) is 2. The van der Waals surface area contributed by atoms with Gasteiger partial charge in [-0.05, 0) is 49.2 Å². The van der Waals surface area contributed by atoms with Crippen LogP contribution in [0.4, 0.5) is 5.69 Å². The Balaban J connectivity index is 1.62. The van der Waals surface area contributed by atoms with Gasteiger partial charge < -0.3 is 9.64 Å². The van der Waals surface area contributed by atoms with E-state index in [0.717, 1.165) is 43.9 Å². The van der Waals surface area contributed by atoms with E-state index < -0.39 is 0 Å². The van der Waals surface area contributed by atoms with Crippen molar-refractivity contribution in [3.8, 4) is 5.75 Å². The Kier molecular flexibility index (Phi) is 5.71. The number of carbonyl (C=O) groups excluding carboxylic acids is 1. The SMILES string of the molecule is COc1ccc(N(C)C(=O)[C@@H]2CCCN(Cc3ccccc3)C2)cc1. The highest BCUT2D eigenvalue weighted by molar-refractivity contribution is 5.94. The second kappa shape index (κ2) is 8.17. The number of methoxy groups -OCH3 is 1. The molecule has 1 saturated heterocycles. The molecule has 0 aliphatic carbocycles. The molecule has 4 nitrogen and oxygen atoms in total. The van der Waals surface area contributed by atoms with Crippen LogP contribution in [0, 0.1) is 5.92 Å². The Morgan fingerprint density at radius 1 is 1.16 bits per heavy atom. The van der Waals surface area contributed by atoms with E-state index in [2.05, 4.69) is 29.2 Å². The van der Waals surface area contributed by atoms with Crippen LogP contribution in [0.1, 0.15) is 18.4 Å². The monoisotopic (exact) mass is 338 g/mol. The summed E-state index contributed by atoms with van der Waals surface area (Å²) in [5.74, 6) is 1.06. The van der Waals surface area contributed by atoms with Gasteiger partial charge in [0, 0.05) is 25.8 Å². The van der Waals surface area contributed by atoms with Gasteiger partial charge in [0.05, 0.1) is 13.0 Å². The third-order valence-electron chi connectivity index (χ3n) is 4.89. The number of rotatable bonds is 5. The van der Waals surface area contributed by atoms with Crippen LogP contribution in [0.5, 0.6) is 5.75 Å². The predicted octanol–water partition coefficient (Wildman–Crippen LogP) is 3.57. The Labute approximate surface area is 150 Å². The minimum atomic E-state index is 0.0598. The number of carbonyl (C=O) groups is 1. The lowest BCUT2D eigenvalue weighted by Crippen LogP contribution is -2.43. The highest BCUT2D eigenvalue weighted by atomic mass is 16.5. The fourth-order valence-electron chi connectivity index (χ4n) is 3.45. The third-order valence-corrected chi connectivity index (χ3v) is 4.89. The normalized spacial score (nSPS) is 17.9. The summed E-state index contributed by atoms with van der Waals surface area (Å²) in [6, 6.07) is 18.1. The summed E-state index contributed by atoms with van der Waals surface area (Å²) >= 11 is 0. The Hall–Kier alpha value is -2.33. The van der Waals surface area contributed by atoms with Crippen LogP contribution in [0.25, 0.3) is 0 Å². The summed E-state index contributed by atoms with van der Waals surface area (Å²) in [6.07, 6.45) is 2.03. The van der Waals surface area contributed by atoms with Crippen LogP contribution >= 0.6 is 0 Å². The first-order valence-electron chi connectivity index (χ1n) is 8.85. The van der Waals surface area contributed by atoms with Gasteiger partial charge >= 0.3 is 0 Å². The molecular formula is C21H26N2O2. The minimum absolute atomic E-state index is 0.0598. The Bertz CT molecular complexity index is 685. The zero-order valence-corrected chi connectivity index (χ0v) is 15.0. The van der Waals surface area contributed by atoms with Crippen molar-refractivity contribution in [1.82, 2.24) is 4.90 Å². The summed E-state index contributed by atoms with van der Waals surface area (Å²) in [4.78, 5) is 17.1. The molecule has 1 atom stereocenters. The van der Waals surface area contributed by atoms with Gasteiger partial charge in [-0.2, -0.15) is 0 Å². The molecule has 1 aliphatic heterocycles. The molecule has 1 heterocycles. The molecule has 4 heteroatoms. The molecule has 1 fully saturated rings. The summed E-state index contributed by atoms with van der Waals surface area (Å²) in [5, 5.41) is 0. The molecule has 0 unspecified atom stereocenters. The summed E-state index contributed by atoms with van der Waals surface area (Å²) in [5.41, 5.74) is 2.21. The van der Waals surface area contributed by atoms with Crippen molar-refractivity contribution < 1.29 is 9.53 Å². The highest BCUT2D eigenvalue weighted by Crippen LogP contribution is 2.24. The van der Waals surface area contributed by atoms with E-state index in [1.807, 2.05) is 37.4 Å². The first kappa shape index (κ1) is 17.5. The first-order valence-corrected chi connectivity index (χ1v) is 8.85. The Morgan fingerprint density at radius 2 is 1.88 bits per heavy atom. The van der Waals surface area contributed by atoms with E-state index >= 15 is 0 Å². The van der Waals surface area contributed by atoms with Crippen molar-refractivity contribution in [1.29, 1.82) is 0 Å². The molecule has 1 aliphatic rings. The molecule has 0 radical (unpaired) electrons. The molecule has 3 rings (SSSR count). The van der Waals surface area contributed by atoms with Crippen molar-refractivity contribution in [3.63, 3.8) is 0 Å². The largest absolute Gasteiger partial charge is 0.497 e. The molecule has 0 spiro atoms. The standard InChI is InChI=1S/C21H26N2O2/c1-22(19-10-12-20(25-2)13-11-19)21(24)18-9-6-14-23(16-18)15-17-7-4-3-5-8-17/h3-5,7-8,10-13,18H,6,9,14-16H2,1-2H3/t18-/m1/s1. The van der Waals surface area contributed by atoms with Gasteiger partial charge in [-0.3, -0.25) is 9.69 Å². The van der Waals surface area contributed by atoms with E-state index in [4.69, 9.17) is 4.74 Å². The van der Waals surface area contributed by atoms with E-state index in [0.29, 0.717) is 0 Å². The maximum absolute atomic E-state index is 12.9. The number of amides is 1. The van der Waals surface area contributed by atoms with Crippen LogP contribution < -0.4 is 9.64 Å². The van der Waals surface area contributed by atoms with Gasteiger partial charge in [-0.15, -0.1) is 0 Å². The fourth-order valence-corrected chi connectivity index (χ4v) is 3.45. The smallest absolute Gasteiger partial charge is 0.231 e. The van der Waals surface area contributed by atoms with Gasteiger partial charge in [-0.25, -0.2) is 0 Å². The third kappa shape index (κ3) is 4.40. The summed E-state index contributed by atoms with van der Waals surface area (Å²) in [7, 11) is 3.51. The molecular weight excluding hydrogens is 312 g/mol. The Morgan fingerprint density at radius 3 is 2.56 bits per heavy atom. The molecule has 0 saturated carbocycles. The maximum atomic E-state index is 12.9. The first-order chi connectivity index (χ1) is 12.2. The molecule has 25 heavy (non-hydrogen) atoms. The predicted molar refractivity (Wildman–Crippen MR) is 101 cm³/mol. The minimum Gasteiger partial charge on any atom is -0.497 e. The van der Waals surface area contributed by atoms with Crippen molar-refractivity contribution >= 4 is 11.6 Å². The van der Waals surface area contributed by atoms with Crippen LogP contribution in [0.2, 0.25) is 0 Å². The zero-order chi connectivity index (χ0) is 17.6. The lowest BCUT2D eigenvalue weighted by molar-refractivity contribution is -0.123. The summed E-state index contributed by atoms with van der Waals surface area (Å²) in [6.45, 7) is 2.80. The number of piperidine rings is 1. The fraction of sp³-hybridized carbons (Fsp3) is 0.381. The van der Waals surface area contributed by atoms with Crippen molar-refractivity contribution in [2.24, 2.45) is 5.92 Å². The van der Waals surface area contributed by atoms with Crippen LogP contribution in [-0.4, -0.2) is 38.1 Å². The number of benzene rings is 2. The van der Waals surface area contributed by atoms with Gasteiger partial charge in [0.1, 0.15) is 5.75 Å². The topological polar surface area (TPSA) is 32.8 Å². The van der Waals surface area contributed by atoms with Crippen LogP contribution in [-0.2, 0) is 11.3 Å². The van der Waals surface area contributed by atoms with E-state index in [1.165, 1.54) is 5.56 Å². The number of hydrogen-bond donors (Lipinski definition) is 0. The number of hydrogen-bond acceptors (Lipinski definition) is 3. The molecule has 132 valence electrons. The highest BCUT2D eigenvalue weighted by Gasteiger charge is 2.28. The average Bonchev–Trinajstić information content (AvgIpc) is 2.68. The zero-order valence-electron chi connectivity index (χ0n) is 15.0. The van der Waals surface area contributed by atoms with Crippen molar-refractivity contribution in [2.45, 2.75) is 19.4 Å². The van der Waals surface area contributed by atoms with Gasteiger partial charge in [0.25, 0.3) is 0 Å². The number of anilines is 1. The van der Waals surface area contributed by atoms with E-state index in [9.17, 15) is 4.79 Å². The van der Waals surface area contributed by atoms with Crippen LogP contribution in [0.15, 0.2) is 54.6 Å². The second-order valence-electron chi connectivity index (χ2n) is 6.66. The molecule has 2 aromatic rings. The van der Waals surface area contributed by atoms with E-state index in [1.54, 1.807) is 12.0 Å². The van der Waals surface area contributed by atoms with Crippen molar-refractivity contribution in [3.05, 3.63) is 60.2 Å². The molecule has 0 N–H and O–H groups in total. The maximum Gasteiger partial charge on any atom is 0.231 e. The number of likely N-dealkylation sites (tertiary alicyclic amines) is 1. The van der Waals surface area contributed by atoms with Gasteiger partial charge in [0.2, 0.25) is 5.91 Å². The van der Waals surface area contributed by atoms with Crippen molar-refractivity contribution in [2.75, 3.05) is 32.1 Å².